The normalized spacial score (nSPS) is 12.7. The highest BCUT2D eigenvalue weighted by molar-refractivity contribution is 5.70. The second-order valence-corrected chi connectivity index (χ2v) is 11.9. The van der Waals surface area contributed by atoms with Crippen molar-refractivity contribution in [1.82, 2.24) is 0 Å². The lowest BCUT2D eigenvalue weighted by Crippen LogP contribution is -2.28. The van der Waals surface area contributed by atoms with E-state index in [2.05, 4.69) is 62.5 Å². The molecule has 1 atom stereocenters. The summed E-state index contributed by atoms with van der Waals surface area (Å²) in [5.41, 5.74) is 0. The van der Waals surface area contributed by atoms with Gasteiger partial charge in [0.15, 0.2) is 6.10 Å². The van der Waals surface area contributed by atoms with E-state index in [1.165, 1.54) is 70.6 Å². The van der Waals surface area contributed by atoms with Crippen molar-refractivity contribution in [3.05, 3.63) is 48.6 Å². The Hall–Kier alpha value is -2.14. The molecule has 0 spiro atoms. The number of esters is 2. The smallest absolute Gasteiger partial charge is 0.306 e. The van der Waals surface area contributed by atoms with Crippen LogP contribution in [-0.4, -0.2) is 36.4 Å². The van der Waals surface area contributed by atoms with Crippen LogP contribution in [0.15, 0.2) is 48.6 Å². The molecule has 0 unspecified atom stereocenters. The first-order valence-corrected chi connectivity index (χ1v) is 18.2. The Morgan fingerprint density at radius 2 is 0.977 bits per heavy atom. The standard InChI is InChI=1S/C39H68O5/c1-3-5-7-9-11-13-15-17-19-21-23-25-27-29-31-33-38(41)43-36-37(35-40)44-39(42)34-32-30-28-26-24-22-20-18-16-14-12-10-8-6-4-2/h5,7,11,13-14,16-17,19,37,40H,3-4,6,8-10,12,15,18,20-36H2,1-2H3/b7-5-,13-11-,16-14-,19-17-/t37-/m0/s1. The number of ether oxygens (including phenoxy) is 2. The van der Waals surface area contributed by atoms with Crippen LogP contribution in [0.1, 0.15) is 168 Å². The van der Waals surface area contributed by atoms with Gasteiger partial charge in [0.25, 0.3) is 0 Å². The van der Waals surface area contributed by atoms with Crippen LogP contribution in [0, 0.1) is 0 Å². The fourth-order valence-electron chi connectivity index (χ4n) is 4.86. The molecule has 0 bridgehead atoms. The van der Waals surface area contributed by atoms with Crippen molar-refractivity contribution in [2.75, 3.05) is 13.2 Å². The topological polar surface area (TPSA) is 72.8 Å². The fourth-order valence-corrected chi connectivity index (χ4v) is 4.86. The highest BCUT2D eigenvalue weighted by Crippen LogP contribution is 2.12. The van der Waals surface area contributed by atoms with E-state index >= 15 is 0 Å². The van der Waals surface area contributed by atoms with Crippen molar-refractivity contribution in [2.24, 2.45) is 0 Å². The largest absolute Gasteiger partial charge is 0.462 e. The van der Waals surface area contributed by atoms with Gasteiger partial charge in [-0.25, -0.2) is 0 Å². The van der Waals surface area contributed by atoms with E-state index < -0.39 is 6.10 Å². The highest BCUT2D eigenvalue weighted by Gasteiger charge is 2.16. The van der Waals surface area contributed by atoms with Crippen LogP contribution >= 0.6 is 0 Å². The number of carbonyl (C=O) groups is 2. The third-order valence-corrected chi connectivity index (χ3v) is 7.61. The number of aliphatic hydroxyl groups excluding tert-OH is 1. The molecule has 0 saturated heterocycles. The molecule has 0 aliphatic carbocycles. The molecule has 0 heterocycles. The van der Waals surface area contributed by atoms with Crippen molar-refractivity contribution in [2.45, 2.75) is 174 Å². The van der Waals surface area contributed by atoms with Gasteiger partial charge in [0.1, 0.15) is 6.61 Å². The quantitative estimate of drug-likeness (QED) is 0.0462. The molecular formula is C39H68O5. The fraction of sp³-hybridized carbons (Fsp3) is 0.744. The molecule has 5 heteroatoms. The number of carbonyl (C=O) groups excluding carboxylic acids is 2. The number of rotatable bonds is 32. The van der Waals surface area contributed by atoms with Gasteiger partial charge < -0.3 is 14.6 Å². The minimum absolute atomic E-state index is 0.0773. The summed E-state index contributed by atoms with van der Waals surface area (Å²) in [5, 5.41) is 9.53. The van der Waals surface area contributed by atoms with Gasteiger partial charge in [0.2, 0.25) is 0 Å². The van der Waals surface area contributed by atoms with Crippen LogP contribution in [0.4, 0.5) is 0 Å². The van der Waals surface area contributed by atoms with E-state index in [0.717, 1.165) is 70.6 Å². The van der Waals surface area contributed by atoms with E-state index in [0.29, 0.717) is 12.8 Å². The van der Waals surface area contributed by atoms with Crippen LogP contribution in [0.3, 0.4) is 0 Å². The predicted molar refractivity (Wildman–Crippen MR) is 187 cm³/mol. The van der Waals surface area contributed by atoms with Crippen molar-refractivity contribution < 1.29 is 24.2 Å². The molecule has 0 aromatic heterocycles. The molecule has 254 valence electrons. The first kappa shape index (κ1) is 41.9. The van der Waals surface area contributed by atoms with E-state index in [1.807, 2.05) is 0 Å². The average molecular weight is 617 g/mol. The molecule has 0 aromatic carbocycles. The van der Waals surface area contributed by atoms with Gasteiger partial charge in [0.05, 0.1) is 6.61 Å². The summed E-state index contributed by atoms with van der Waals surface area (Å²) in [6.07, 6.45) is 43.0. The number of hydrogen-bond donors (Lipinski definition) is 1. The summed E-state index contributed by atoms with van der Waals surface area (Å²) in [5.74, 6) is -0.619. The van der Waals surface area contributed by atoms with E-state index in [4.69, 9.17) is 9.47 Å². The highest BCUT2D eigenvalue weighted by atomic mass is 16.6. The van der Waals surface area contributed by atoms with Crippen LogP contribution in [0.5, 0.6) is 0 Å². The van der Waals surface area contributed by atoms with Crippen molar-refractivity contribution in [3.8, 4) is 0 Å². The zero-order chi connectivity index (χ0) is 32.2. The Balaban J connectivity index is 3.61. The van der Waals surface area contributed by atoms with Gasteiger partial charge in [-0.1, -0.05) is 133 Å². The van der Waals surface area contributed by atoms with Crippen molar-refractivity contribution >= 4 is 11.9 Å². The van der Waals surface area contributed by atoms with Crippen LogP contribution in [-0.2, 0) is 19.1 Å². The van der Waals surface area contributed by atoms with Gasteiger partial charge in [-0.3, -0.25) is 9.59 Å². The molecule has 1 N–H and O–H groups in total. The second kappa shape index (κ2) is 35.3. The first-order valence-electron chi connectivity index (χ1n) is 18.2. The Morgan fingerprint density at radius 3 is 1.50 bits per heavy atom. The third-order valence-electron chi connectivity index (χ3n) is 7.61. The SMILES string of the molecule is CC/C=C\C/C=C\C/C=C\CCCCCCCC(=O)OC[C@H](CO)OC(=O)CCCCCCCCC/C=C\CCCCCC. The molecule has 0 saturated carbocycles. The summed E-state index contributed by atoms with van der Waals surface area (Å²) in [6.45, 7) is 3.98. The molecular weight excluding hydrogens is 548 g/mol. The van der Waals surface area contributed by atoms with E-state index in [9.17, 15) is 14.7 Å². The van der Waals surface area contributed by atoms with Gasteiger partial charge >= 0.3 is 11.9 Å². The molecule has 0 radical (unpaired) electrons. The third kappa shape index (κ3) is 32.8. The van der Waals surface area contributed by atoms with Crippen LogP contribution < -0.4 is 0 Å². The van der Waals surface area contributed by atoms with E-state index in [1.54, 1.807) is 0 Å². The van der Waals surface area contributed by atoms with Crippen LogP contribution in [0.25, 0.3) is 0 Å². The minimum Gasteiger partial charge on any atom is -0.462 e. The lowest BCUT2D eigenvalue weighted by molar-refractivity contribution is -0.161. The Bertz CT molecular complexity index is 752. The van der Waals surface area contributed by atoms with Crippen LogP contribution in [0.2, 0.25) is 0 Å². The molecule has 0 aliphatic rings. The van der Waals surface area contributed by atoms with Gasteiger partial charge in [0, 0.05) is 12.8 Å². The molecule has 5 nitrogen and oxygen atoms in total. The molecule has 0 rings (SSSR count). The van der Waals surface area contributed by atoms with E-state index in [-0.39, 0.29) is 25.2 Å². The molecule has 0 aliphatic heterocycles. The molecule has 0 aromatic rings. The van der Waals surface area contributed by atoms with Gasteiger partial charge in [-0.2, -0.15) is 0 Å². The summed E-state index contributed by atoms with van der Waals surface area (Å²) < 4.78 is 10.6. The lowest BCUT2D eigenvalue weighted by Gasteiger charge is -2.15. The maximum Gasteiger partial charge on any atom is 0.306 e. The van der Waals surface area contributed by atoms with Crippen molar-refractivity contribution in [3.63, 3.8) is 0 Å². The monoisotopic (exact) mass is 617 g/mol. The Morgan fingerprint density at radius 1 is 0.545 bits per heavy atom. The number of hydrogen-bond acceptors (Lipinski definition) is 5. The number of aliphatic hydroxyl groups is 1. The number of unbranched alkanes of at least 4 members (excludes halogenated alkanes) is 16. The summed E-state index contributed by atoms with van der Waals surface area (Å²) in [6, 6.07) is 0. The summed E-state index contributed by atoms with van der Waals surface area (Å²) >= 11 is 0. The minimum atomic E-state index is -0.779. The molecule has 0 amide bonds. The van der Waals surface area contributed by atoms with Crippen molar-refractivity contribution in [1.29, 1.82) is 0 Å². The van der Waals surface area contributed by atoms with Gasteiger partial charge in [-0.05, 0) is 70.6 Å². The molecule has 0 fully saturated rings. The lowest BCUT2D eigenvalue weighted by atomic mass is 10.1. The number of allylic oxidation sites excluding steroid dienone is 8. The zero-order valence-corrected chi connectivity index (χ0v) is 28.7. The second-order valence-electron chi connectivity index (χ2n) is 11.9. The Labute approximate surface area is 271 Å². The summed E-state index contributed by atoms with van der Waals surface area (Å²) in [7, 11) is 0. The summed E-state index contributed by atoms with van der Waals surface area (Å²) in [4.78, 5) is 24.2. The zero-order valence-electron chi connectivity index (χ0n) is 28.7. The predicted octanol–water partition coefficient (Wildman–Crippen LogP) is 11.1. The first-order chi connectivity index (χ1) is 21.6. The average Bonchev–Trinajstić information content (AvgIpc) is 3.02. The van der Waals surface area contributed by atoms with Gasteiger partial charge in [-0.15, -0.1) is 0 Å². The maximum atomic E-state index is 12.1. The maximum absolute atomic E-state index is 12.1. The Kier molecular flexibility index (Phi) is 33.6. The molecule has 44 heavy (non-hydrogen) atoms.